The molecule has 126 valence electrons. The summed E-state index contributed by atoms with van der Waals surface area (Å²) in [5.41, 5.74) is 0.868. The van der Waals surface area contributed by atoms with Gasteiger partial charge in [0.1, 0.15) is 5.82 Å². The van der Waals surface area contributed by atoms with Gasteiger partial charge in [-0.15, -0.1) is 0 Å². The molecule has 1 aliphatic heterocycles. The number of halogens is 1. The molecule has 1 N–H and O–H groups in total. The van der Waals surface area contributed by atoms with Crippen LogP contribution in [-0.2, 0) is 6.54 Å². The molecule has 1 aromatic heterocycles. The molecular formula is C17H19FN4O2. The molecule has 0 spiro atoms. The lowest BCUT2D eigenvalue weighted by molar-refractivity contribution is 0.207. The number of amides is 2. The average molecular weight is 330 g/mol. The first-order valence-corrected chi connectivity index (χ1v) is 8.30. The lowest BCUT2D eigenvalue weighted by Crippen LogP contribution is -2.38. The van der Waals surface area contributed by atoms with E-state index in [1.807, 2.05) is 0 Å². The molecule has 1 saturated carbocycles. The predicted octanol–water partition coefficient (Wildman–Crippen LogP) is 2.79. The monoisotopic (exact) mass is 330 g/mol. The number of carbonyl (C=O) groups is 1. The quantitative estimate of drug-likeness (QED) is 0.936. The SMILES string of the molecule is O=C(NCc1ccc(F)cc1)N1CCC(c2noc(C3CC3)n2)C1. The van der Waals surface area contributed by atoms with Gasteiger partial charge < -0.3 is 14.7 Å². The zero-order valence-electron chi connectivity index (χ0n) is 13.2. The molecule has 7 heteroatoms. The third-order valence-electron chi connectivity index (χ3n) is 4.58. The van der Waals surface area contributed by atoms with Gasteiger partial charge in [-0.2, -0.15) is 4.98 Å². The number of urea groups is 1. The van der Waals surface area contributed by atoms with Gasteiger partial charge in [-0.05, 0) is 37.0 Å². The first kappa shape index (κ1) is 15.1. The maximum atomic E-state index is 12.9. The Morgan fingerprint density at radius 2 is 2.04 bits per heavy atom. The Kier molecular flexibility index (Phi) is 3.92. The predicted molar refractivity (Wildman–Crippen MR) is 83.8 cm³/mol. The highest BCUT2D eigenvalue weighted by Gasteiger charge is 2.34. The number of hydrogen-bond donors (Lipinski definition) is 1. The van der Waals surface area contributed by atoms with Crippen molar-refractivity contribution in [3.8, 4) is 0 Å². The van der Waals surface area contributed by atoms with E-state index in [1.54, 1.807) is 17.0 Å². The van der Waals surface area contributed by atoms with Crippen molar-refractivity contribution in [1.29, 1.82) is 0 Å². The topological polar surface area (TPSA) is 71.3 Å². The Morgan fingerprint density at radius 1 is 1.25 bits per heavy atom. The number of rotatable bonds is 4. The Balaban J connectivity index is 1.30. The van der Waals surface area contributed by atoms with Crippen molar-refractivity contribution in [2.24, 2.45) is 0 Å². The molecule has 2 amide bonds. The Morgan fingerprint density at radius 3 is 2.79 bits per heavy atom. The summed E-state index contributed by atoms with van der Waals surface area (Å²) in [5, 5.41) is 6.94. The third-order valence-corrected chi connectivity index (χ3v) is 4.58. The van der Waals surface area contributed by atoms with E-state index in [4.69, 9.17) is 4.52 Å². The van der Waals surface area contributed by atoms with Crippen molar-refractivity contribution in [2.75, 3.05) is 13.1 Å². The molecule has 1 atom stereocenters. The van der Waals surface area contributed by atoms with E-state index >= 15 is 0 Å². The molecule has 6 nitrogen and oxygen atoms in total. The van der Waals surface area contributed by atoms with Crippen LogP contribution in [0.4, 0.5) is 9.18 Å². The molecule has 1 aromatic carbocycles. The number of carbonyl (C=O) groups excluding carboxylic acids is 1. The Bertz CT molecular complexity index is 726. The first-order valence-electron chi connectivity index (χ1n) is 8.30. The maximum Gasteiger partial charge on any atom is 0.317 e. The maximum absolute atomic E-state index is 12.9. The van der Waals surface area contributed by atoms with Crippen LogP contribution in [0.3, 0.4) is 0 Å². The van der Waals surface area contributed by atoms with Gasteiger partial charge >= 0.3 is 6.03 Å². The number of likely N-dealkylation sites (tertiary alicyclic amines) is 1. The van der Waals surface area contributed by atoms with Crippen molar-refractivity contribution >= 4 is 6.03 Å². The fourth-order valence-corrected chi connectivity index (χ4v) is 2.96. The summed E-state index contributed by atoms with van der Waals surface area (Å²) < 4.78 is 18.2. The van der Waals surface area contributed by atoms with Crippen molar-refractivity contribution in [1.82, 2.24) is 20.4 Å². The number of nitrogens with one attached hydrogen (secondary N) is 1. The standard InChI is InChI=1S/C17H19FN4O2/c18-14-5-1-11(2-6-14)9-19-17(23)22-8-7-13(10-22)15-20-16(24-21-15)12-3-4-12/h1-2,5-6,12-13H,3-4,7-10H2,(H,19,23). The van der Waals surface area contributed by atoms with E-state index in [2.05, 4.69) is 15.5 Å². The first-order chi connectivity index (χ1) is 11.7. The van der Waals surface area contributed by atoms with Gasteiger partial charge in [0.2, 0.25) is 5.89 Å². The molecule has 2 aliphatic rings. The van der Waals surface area contributed by atoms with Crippen molar-refractivity contribution in [3.63, 3.8) is 0 Å². The molecular weight excluding hydrogens is 311 g/mol. The van der Waals surface area contributed by atoms with Crippen LogP contribution in [0, 0.1) is 5.82 Å². The minimum absolute atomic E-state index is 0.118. The largest absolute Gasteiger partial charge is 0.339 e. The highest BCUT2D eigenvalue weighted by Crippen LogP contribution is 2.39. The Labute approximate surface area is 139 Å². The molecule has 1 unspecified atom stereocenters. The molecule has 24 heavy (non-hydrogen) atoms. The lowest BCUT2D eigenvalue weighted by atomic mass is 10.1. The smallest absolute Gasteiger partial charge is 0.317 e. The zero-order chi connectivity index (χ0) is 16.5. The summed E-state index contributed by atoms with van der Waals surface area (Å²) in [7, 11) is 0. The molecule has 2 heterocycles. The molecule has 2 fully saturated rings. The molecule has 1 aliphatic carbocycles. The van der Waals surface area contributed by atoms with E-state index in [9.17, 15) is 9.18 Å². The van der Waals surface area contributed by atoms with Gasteiger partial charge in [-0.1, -0.05) is 17.3 Å². The van der Waals surface area contributed by atoms with E-state index in [1.165, 1.54) is 12.1 Å². The van der Waals surface area contributed by atoms with Crippen molar-refractivity contribution in [2.45, 2.75) is 37.6 Å². The normalized spacial score (nSPS) is 20.4. The Hall–Kier alpha value is -2.44. The van der Waals surface area contributed by atoms with Gasteiger partial charge in [0.15, 0.2) is 5.82 Å². The third kappa shape index (κ3) is 3.25. The van der Waals surface area contributed by atoms with Crippen LogP contribution in [-0.4, -0.2) is 34.2 Å². The molecule has 4 rings (SSSR count). The van der Waals surface area contributed by atoms with E-state index < -0.39 is 0 Å². The van der Waals surface area contributed by atoms with E-state index in [-0.39, 0.29) is 17.8 Å². The highest BCUT2D eigenvalue weighted by molar-refractivity contribution is 5.74. The van der Waals surface area contributed by atoms with Gasteiger partial charge in [0, 0.05) is 31.5 Å². The minimum atomic E-state index is -0.279. The number of hydrogen-bond acceptors (Lipinski definition) is 4. The van der Waals surface area contributed by atoms with Crippen LogP contribution < -0.4 is 5.32 Å². The summed E-state index contributed by atoms with van der Waals surface area (Å²) in [6, 6.07) is 6.00. The van der Waals surface area contributed by atoms with Crippen LogP contribution >= 0.6 is 0 Å². The van der Waals surface area contributed by atoms with Gasteiger partial charge in [0.25, 0.3) is 0 Å². The minimum Gasteiger partial charge on any atom is -0.339 e. The molecule has 0 bridgehead atoms. The zero-order valence-corrected chi connectivity index (χ0v) is 13.2. The lowest BCUT2D eigenvalue weighted by Gasteiger charge is -2.16. The van der Waals surface area contributed by atoms with Gasteiger partial charge in [-0.3, -0.25) is 0 Å². The van der Waals surface area contributed by atoms with E-state index in [0.717, 1.165) is 30.7 Å². The van der Waals surface area contributed by atoms with Crippen LogP contribution in [0.25, 0.3) is 0 Å². The van der Waals surface area contributed by atoms with Gasteiger partial charge in [0.05, 0.1) is 0 Å². The summed E-state index contributed by atoms with van der Waals surface area (Å²) in [4.78, 5) is 18.5. The second-order valence-corrected chi connectivity index (χ2v) is 6.48. The van der Waals surface area contributed by atoms with Gasteiger partial charge in [-0.25, -0.2) is 9.18 Å². The fourth-order valence-electron chi connectivity index (χ4n) is 2.96. The second kappa shape index (κ2) is 6.22. The number of nitrogens with zero attached hydrogens (tertiary/aromatic N) is 3. The average Bonchev–Trinajstić information content (AvgIpc) is 3.12. The summed E-state index contributed by atoms with van der Waals surface area (Å²) in [5.74, 6) is 1.76. The van der Waals surface area contributed by atoms with Crippen LogP contribution in [0.2, 0.25) is 0 Å². The highest BCUT2D eigenvalue weighted by atomic mass is 19.1. The number of benzene rings is 1. The second-order valence-electron chi connectivity index (χ2n) is 6.48. The summed E-state index contributed by atoms with van der Waals surface area (Å²) in [6.45, 7) is 1.65. The van der Waals surface area contributed by atoms with Crippen LogP contribution in [0.1, 0.15) is 48.4 Å². The number of aromatic nitrogens is 2. The van der Waals surface area contributed by atoms with Crippen LogP contribution in [0.15, 0.2) is 28.8 Å². The molecule has 2 aromatic rings. The van der Waals surface area contributed by atoms with Crippen molar-refractivity contribution in [3.05, 3.63) is 47.4 Å². The van der Waals surface area contributed by atoms with Crippen molar-refractivity contribution < 1.29 is 13.7 Å². The van der Waals surface area contributed by atoms with Crippen LogP contribution in [0.5, 0.6) is 0 Å². The van der Waals surface area contributed by atoms with E-state index in [0.29, 0.717) is 31.4 Å². The summed E-state index contributed by atoms with van der Waals surface area (Å²) >= 11 is 0. The molecule has 1 saturated heterocycles. The fraction of sp³-hybridized carbons (Fsp3) is 0.471. The summed E-state index contributed by atoms with van der Waals surface area (Å²) in [6.07, 6.45) is 3.10. The molecule has 0 radical (unpaired) electrons.